The van der Waals surface area contributed by atoms with Crippen LogP contribution >= 0.6 is 0 Å². The molecule has 4 aromatic rings. The van der Waals surface area contributed by atoms with Crippen molar-refractivity contribution in [2.24, 2.45) is 4.99 Å². The summed E-state index contributed by atoms with van der Waals surface area (Å²) < 4.78 is 12.0. The number of aliphatic hydroxyl groups is 1. The summed E-state index contributed by atoms with van der Waals surface area (Å²) in [5, 5.41) is 12.0. The number of carbonyl (C=O) groups excluding carboxylic acids is 1. The molecule has 1 atom stereocenters. The van der Waals surface area contributed by atoms with Gasteiger partial charge in [-0.2, -0.15) is 0 Å². The highest BCUT2D eigenvalue weighted by atomic mass is 16.6. The van der Waals surface area contributed by atoms with Crippen LogP contribution < -0.4 is 10.3 Å². The Hall–Kier alpha value is -4.30. The van der Waals surface area contributed by atoms with Gasteiger partial charge in [0.05, 0.1) is 41.8 Å². The van der Waals surface area contributed by atoms with Crippen molar-refractivity contribution in [3.8, 4) is 17.1 Å². The van der Waals surface area contributed by atoms with Gasteiger partial charge in [0.1, 0.15) is 12.4 Å². The minimum Gasteiger partial charge on any atom is -0.497 e. The standard InChI is InChI=1S/C28H23N3O5/c1-3-28(34)22-12-23-25-18(14-31(23)26(32)21(22)15-36-27(28)33)11-16-5-4-6-17(24(16)30-25)13-29-19-7-9-20(35-2)10-8-19/h4-13,34H,3,14-15H2,1-2H3/t28-/m0/s1. The lowest BCUT2D eigenvalue weighted by Crippen LogP contribution is -2.44. The third-order valence-corrected chi connectivity index (χ3v) is 6.99. The smallest absolute Gasteiger partial charge is 0.343 e. The molecule has 36 heavy (non-hydrogen) atoms. The molecule has 0 amide bonds. The van der Waals surface area contributed by atoms with E-state index in [-0.39, 0.29) is 18.6 Å². The quantitative estimate of drug-likeness (QED) is 0.309. The van der Waals surface area contributed by atoms with E-state index in [1.807, 2.05) is 48.5 Å². The fourth-order valence-electron chi connectivity index (χ4n) is 4.95. The second kappa shape index (κ2) is 8.13. The van der Waals surface area contributed by atoms with Gasteiger partial charge < -0.3 is 19.1 Å². The van der Waals surface area contributed by atoms with E-state index >= 15 is 0 Å². The van der Waals surface area contributed by atoms with E-state index in [1.165, 1.54) is 0 Å². The largest absolute Gasteiger partial charge is 0.497 e. The predicted molar refractivity (Wildman–Crippen MR) is 135 cm³/mol. The van der Waals surface area contributed by atoms with Crippen molar-refractivity contribution in [3.63, 3.8) is 0 Å². The van der Waals surface area contributed by atoms with Crippen molar-refractivity contribution in [3.05, 3.63) is 87.2 Å². The van der Waals surface area contributed by atoms with Crippen LogP contribution in [0, 0.1) is 0 Å². The van der Waals surface area contributed by atoms with E-state index < -0.39 is 11.6 Å². The monoisotopic (exact) mass is 481 g/mol. The topological polar surface area (TPSA) is 103 Å². The Bertz CT molecular complexity index is 1640. The van der Waals surface area contributed by atoms with Gasteiger partial charge in [0, 0.05) is 28.3 Å². The lowest BCUT2D eigenvalue weighted by atomic mass is 9.86. The summed E-state index contributed by atoms with van der Waals surface area (Å²) in [6.45, 7) is 1.91. The van der Waals surface area contributed by atoms with Gasteiger partial charge in [0.2, 0.25) is 0 Å². The molecule has 0 aliphatic carbocycles. The number of cyclic esters (lactones) is 1. The van der Waals surface area contributed by atoms with Gasteiger partial charge >= 0.3 is 5.97 Å². The van der Waals surface area contributed by atoms with Gasteiger partial charge in [0.25, 0.3) is 5.56 Å². The summed E-state index contributed by atoms with van der Waals surface area (Å²) in [5.74, 6) is 0.0271. The molecule has 2 aromatic carbocycles. The van der Waals surface area contributed by atoms with E-state index in [0.717, 1.165) is 33.5 Å². The Morgan fingerprint density at radius 3 is 2.75 bits per heavy atom. The van der Waals surface area contributed by atoms with E-state index in [1.54, 1.807) is 30.9 Å². The van der Waals surface area contributed by atoms with Crippen LogP contribution in [0.1, 0.15) is 35.6 Å². The Balaban J connectivity index is 1.48. The first-order valence-corrected chi connectivity index (χ1v) is 11.7. The first kappa shape index (κ1) is 22.2. The van der Waals surface area contributed by atoms with Crippen LogP contribution in [0.2, 0.25) is 0 Å². The third-order valence-electron chi connectivity index (χ3n) is 6.99. The SMILES string of the molecule is CC[C@@]1(O)C(=O)OCc2c1cc1n(c2=O)Cc2cc3cccc(C=Nc4ccc(OC)cc4)c3nc2-1. The van der Waals surface area contributed by atoms with E-state index in [4.69, 9.17) is 14.5 Å². The number of aliphatic imine (C=N–C) groups is 1. The van der Waals surface area contributed by atoms with Crippen molar-refractivity contribution in [1.82, 2.24) is 9.55 Å². The van der Waals surface area contributed by atoms with Gasteiger partial charge in [0.15, 0.2) is 5.60 Å². The zero-order valence-electron chi connectivity index (χ0n) is 19.8. The lowest BCUT2D eigenvalue weighted by molar-refractivity contribution is -0.172. The highest BCUT2D eigenvalue weighted by Crippen LogP contribution is 2.38. The maximum atomic E-state index is 13.4. The summed E-state index contributed by atoms with van der Waals surface area (Å²) in [4.78, 5) is 35.3. The van der Waals surface area contributed by atoms with Gasteiger partial charge in [-0.05, 0) is 42.8 Å². The summed E-state index contributed by atoms with van der Waals surface area (Å²) >= 11 is 0. The molecule has 4 heterocycles. The fraction of sp³-hybridized carbons (Fsp3) is 0.214. The lowest BCUT2D eigenvalue weighted by Gasteiger charge is -2.31. The van der Waals surface area contributed by atoms with Crippen LogP contribution in [0.3, 0.4) is 0 Å². The fourth-order valence-corrected chi connectivity index (χ4v) is 4.95. The van der Waals surface area contributed by atoms with Crippen LogP contribution in [-0.2, 0) is 28.3 Å². The molecule has 6 rings (SSSR count). The second-order valence-corrected chi connectivity index (χ2v) is 8.97. The number of hydrogen-bond donors (Lipinski definition) is 1. The molecule has 180 valence electrons. The van der Waals surface area contributed by atoms with Gasteiger partial charge in [-0.25, -0.2) is 9.78 Å². The summed E-state index contributed by atoms with van der Waals surface area (Å²) in [6.07, 6.45) is 1.87. The molecule has 8 nitrogen and oxygen atoms in total. The normalized spacial score (nSPS) is 18.1. The number of hydrogen-bond acceptors (Lipinski definition) is 7. The number of aromatic nitrogens is 2. The molecule has 0 saturated carbocycles. The number of fused-ring (bicyclic) bond motifs is 5. The van der Waals surface area contributed by atoms with Crippen molar-refractivity contribution < 1.29 is 19.4 Å². The number of esters is 1. The number of pyridine rings is 2. The zero-order valence-corrected chi connectivity index (χ0v) is 19.8. The second-order valence-electron chi connectivity index (χ2n) is 8.97. The number of para-hydroxylation sites is 1. The van der Waals surface area contributed by atoms with Crippen LogP contribution in [0.25, 0.3) is 22.3 Å². The van der Waals surface area contributed by atoms with Crippen molar-refractivity contribution in [1.29, 1.82) is 0 Å². The van der Waals surface area contributed by atoms with Gasteiger partial charge in [-0.1, -0.05) is 25.1 Å². The maximum Gasteiger partial charge on any atom is 0.343 e. The molecule has 8 heteroatoms. The molecule has 2 aromatic heterocycles. The molecule has 0 spiro atoms. The Kier molecular flexibility index (Phi) is 5.01. The zero-order chi connectivity index (χ0) is 25.0. The number of rotatable bonds is 4. The van der Waals surface area contributed by atoms with E-state index in [2.05, 4.69) is 4.99 Å². The number of benzene rings is 2. The molecule has 0 bridgehead atoms. The van der Waals surface area contributed by atoms with E-state index in [9.17, 15) is 14.7 Å². The Morgan fingerprint density at radius 2 is 2.00 bits per heavy atom. The van der Waals surface area contributed by atoms with Crippen molar-refractivity contribution in [2.45, 2.75) is 32.1 Å². The van der Waals surface area contributed by atoms with Gasteiger partial charge in [-0.3, -0.25) is 9.79 Å². The predicted octanol–water partition coefficient (Wildman–Crippen LogP) is 3.84. The molecule has 2 aliphatic rings. The average Bonchev–Trinajstić information content (AvgIpc) is 3.27. The number of nitrogens with zero attached hydrogens (tertiary/aromatic N) is 3. The number of carbonyl (C=O) groups is 1. The first-order valence-electron chi connectivity index (χ1n) is 11.7. The molecule has 2 aliphatic heterocycles. The molecular weight excluding hydrogens is 458 g/mol. The molecule has 0 radical (unpaired) electrons. The minimum atomic E-state index is -1.85. The third kappa shape index (κ3) is 3.25. The molecule has 1 N–H and O–H groups in total. The Morgan fingerprint density at radius 1 is 1.19 bits per heavy atom. The summed E-state index contributed by atoms with van der Waals surface area (Å²) in [6, 6.07) is 17.1. The number of methoxy groups -OCH3 is 1. The highest BCUT2D eigenvalue weighted by Gasteiger charge is 2.45. The Labute approximate surface area is 206 Å². The molecule has 0 unspecified atom stereocenters. The summed E-state index contributed by atoms with van der Waals surface area (Å²) in [5.41, 5.74) is 3.00. The first-order chi connectivity index (χ1) is 17.4. The number of ether oxygens (including phenoxy) is 2. The minimum absolute atomic E-state index is 0.103. The maximum absolute atomic E-state index is 13.4. The average molecular weight is 482 g/mol. The molecular formula is C28H23N3O5. The van der Waals surface area contributed by atoms with Crippen LogP contribution in [0.5, 0.6) is 5.75 Å². The molecule has 0 fully saturated rings. The van der Waals surface area contributed by atoms with Gasteiger partial charge in [-0.15, -0.1) is 0 Å². The van der Waals surface area contributed by atoms with Crippen LogP contribution in [-0.4, -0.2) is 34.0 Å². The highest BCUT2D eigenvalue weighted by molar-refractivity contribution is 5.99. The van der Waals surface area contributed by atoms with Crippen molar-refractivity contribution in [2.75, 3.05) is 7.11 Å². The summed E-state index contributed by atoms with van der Waals surface area (Å²) in [7, 11) is 1.62. The van der Waals surface area contributed by atoms with E-state index in [0.29, 0.717) is 29.1 Å². The molecule has 0 saturated heterocycles. The van der Waals surface area contributed by atoms with Crippen LogP contribution in [0.4, 0.5) is 5.69 Å². The van der Waals surface area contributed by atoms with Crippen LogP contribution in [0.15, 0.2) is 64.4 Å². The van der Waals surface area contributed by atoms with Crippen molar-refractivity contribution >= 4 is 28.8 Å².